The molecule has 0 fully saturated rings. The lowest BCUT2D eigenvalue weighted by molar-refractivity contribution is 0.939. The first kappa shape index (κ1) is 13.6. The van der Waals surface area contributed by atoms with E-state index in [2.05, 4.69) is 72.0 Å². The Labute approximate surface area is 144 Å². The first-order valence-electron chi connectivity index (χ1n) is 7.77. The van der Waals surface area contributed by atoms with E-state index < -0.39 is 0 Å². The van der Waals surface area contributed by atoms with E-state index in [0.29, 0.717) is 10.5 Å². The second-order valence-corrected chi connectivity index (χ2v) is 8.23. The van der Waals surface area contributed by atoms with Crippen molar-refractivity contribution in [1.29, 1.82) is 0 Å². The summed E-state index contributed by atoms with van der Waals surface area (Å²) in [6, 6.07) is 26.0. The lowest BCUT2D eigenvalue weighted by Gasteiger charge is -2.11. The Morgan fingerprint density at radius 2 is 1.30 bits per heavy atom. The van der Waals surface area contributed by atoms with Gasteiger partial charge in [-0.3, -0.25) is 0 Å². The number of fused-ring (bicyclic) bond motifs is 5. The highest BCUT2D eigenvalue weighted by atomic mass is 32.2. The normalized spacial score (nSPS) is 20.7. The minimum atomic E-state index is 0.546. The summed E-state index contributed by atoms with van der Waals surface area (Å²) in [4.78, 5) is 2.88. The predicted molar refractivity (Wildman–Crippen MR) is 99.8 cm³/mol. The van der Waals surface area contributed by atoms with Crippen molar-refractivity contribution in [2.24, 2.45) is 0 Å². The van der Waals surface area contributed by atoms with Gasteiger partial charge >= 0.3 is 0 Å². The van der Waals surface area contributed by atoms with E-state index in [1.54, 1.807) is 0 Å². The zero-order valence-corrected chi connectivity index (χ0v) is 14.0. The second-order valence-electron chi connectivity index (χ2n) is 5.86. The summed E-state index contributed by atoms with van der Waals surface area (Å²) in [6.45, 7) is 0. The van der Waals surface area contributed by atoms with Gasteiger partial charge in [-0.05, 0) is 47.5 Å². The molecule has 3 aromatic rings. The van der Waals surface area contributed by atoms with Crippen molar-refractivity contribution in [2.75, 3.05) is 5.32 Å². The summed E-state index contributed by atoms with van der Waals surface area (Å²) in [7, 11) is 0. The van der Waals surface area contributed by atoms with Crippen LogP contribution in [0.15, 0.2) is 82.6 Å². The van der Waals surface area contributed by atoms with E-state index in [1.807, 2.05) is 29.6 Å². The lowest BCUT2D eigenvalue weighted by atomic mass is 10.0. The highest BCUT2D eigenvalue weighted by Crippen LogP contribution is 2.66. The van der Waals surface area contributed by atoms with E-state index in [4.69, 9.17) is 0 Å². The van der Waals surface area contributed by atoms with E-state index in [1.165, 1.54) is 26.6 Å². The van der Waals surface area contributed by atoms with Crippen LogP contribution in [0.2, 0.25) is 0 Å². The molecule has 0 bridgehead atoms. The molecule has 2 aliphatic heterocycles. The number of para-hydroxylation sites is 1. The number of nitrogens with one attached hydrogen (secondary N) is 1. The van der Waals surface area contributed by atoms with Crippen molar-refractivity contribution < 1.29 is 0 Å². The smallest absolute Gasteiger partial charge is 0.0519 e. The number of rotatable bonds is 2. The number of benzene rings is 3. The van der Waals surface area contributed by atoms with Crippen LogP contribution in [0.3, 0.4) is 0 Å². The Hall–Kier alpha value is -1.84. The molecule has 0 spiro atoms. The fourth-order valence-electron chi connectivity index (χ4n) is 3.32. The summed E-state index contributed by atoms with van der Waals surface area (Å²) < 4.78 is 0. The van der Waals surface area contributed by atoms with Crippen molar-refractivity contribution in [2.45, 2.75) is 20.3 Å². The van der Waals surface area contributed by atoms with Gasteiger partial charge in [0.05, 0.1) is 10.5 Å². The molecule has 2 atom stereocenters. The maximum atomic E-state index is 3.52. The molecule has 1 nitrogen and oxygen atoms in total. The molecule has 2 aliphatic rings. The van der Waals surface area contributed by atoms with E-state index in [0.717, 1.165) is 5.69 Å². The molecule has 3 heteroatoms. The zero-order valence-electron chi connectivity index (χ0n) is 12.4. The van der Waals surface area contributed by atoms with Crippen LogP contribution in [-0.2, 0) is 0 Å². The fourth-order valence-corrected chi connectivity index (χ4v) is 6.50. The van der Waals surface area contributed by atoms with Gasteiger partial charge < -0.3 is 5.32 Å². The van der Waals surface area contributed by atoms with Crippen LogP contribution >= 0.6 is 23.5 Å². The monoisotopic (exact) mass is 333 g/mol. The quantitative estimate of drug-likeness (QED) is 0.581. The predicted octanol–water partition coefficient (Wildman–Crippen LogP) is 6.42. The topological polar surface area (TPSA) is 12.0 Å². The van der Waals surface area contributed by atoms with Gasteiger partial charge in [0.25, 0.3) is 0 Å². The fraction of sp³-hybridized carbons (Fsp3) is 0.100. The average Bonchev–Trinajstić information content (AvgIpc) is 3.12. The van der Waals surface area contributed by atoms with Crippen LogP contribution in [0.5, 0.6) is 0 Å². The van der Waals surface area contributed by atoms with Crippen LogP contribution in [0.4, 0.5) is 11.4 Å². The van der Waals surface area contributed by atoms with Crippen molar-refractivity contribution in [3.05, 3.63) is 83.9 Å². The van der Waals surface area contributed by atoms with Crippen LogP contribution in [0.1, 0.15) is 21.6 Å². The minimum Gasteiger partial charge on any atom is -0.356 e. The second kappa shape index (κ2) is 5.36. The van der Waals surface area contributed by atoms with Gasteiger partial charge in [-0.2, -0.15) is 0 Å². The van der Waals surface area contributed by atoms with Gasteiger partial charge in [0.15, 0.2) is 0 Å². The maximum Gasteiger partial charge on any atom is 0.0519 e. The van der Waals surface area contributed by atoms with Gasteiger partial charge in [-0.15, -0.1) is 23.5 Å². The van der Waals surface area contributed by atoms with Crippen LogP contribution < -0.4 is 5.32 Å². The lowest BCUT2D eigenvalue weighted by Crippen LogP contribution is -1.94. The molecular formula is C20H15NS2. The number of anilines is 2. The van der Waals surface area contributed by atoms with Crippen molar-refractivity contribution >= 4 is 34.9 Å². The molecule has 0 saturated carbocycles. The third-order valence-electron chi connectivity index (χ3n) is 4.39. The molecule has 5 rings (SSSR count). The molecule has 2 heterocycles. The molecule has 23 heavy (non-hydrogen) atoms. The van der Waals surface area contributed by atoms with E-state index in [-0.39, 0.29) is 0 Å². The summed E-state index contributed by atoms with van der Waals surface area (Å²) in [5, 5.41) is 4.63. The highest BCUT2D eigenvalue weighted by Gasteiger charge is 2.41. The minimum absolute atomic E-state index is 0.546. The first-order chi connectivity index (χ1) is 11.4. The number of hydrogen-bond donors (Lipinski definition) is 1. The average molecular weight is 333 g/mol. The highest BCUT2D eigenvalue weighted by molar-refractivity contribution is 8.05. The van der Waals surface area contributed by atoms with Crippen LogP contribution in [0.25, 0.3) is 0 Å². The molecule has 0 saturated heterocycles. The van der Waals surface area contributed by atoms with Gasteiger partial charge in [-0.25, -0.2) is 0 Å². The standard InChI is InChI=1S/C20H15NS2/c1-2-6-13(7-3-1)21-14-10-11-18-16(12-14)20-19(23-18)15-8-4-5-9-17(15)22-20/h1-12,19-21H. The van der Waals surface area contributed by atoms with Gasteiger partial charge in [-0.1, -0.05) is 36.4 Å². The Bertz CT molecular complexity index is 876. The molecule has 0 aromatic heterocycles. The Balaban J connectivity index is 1.48. The number of hydrogen-bond acceptors (Lipinski definition) is 3. The molecule has 0 amide bonds. The Morgan fingerprint density at radius 1 is 0.609 bits per heavy atom. The summed E-state index contributed by atoms with van der Waals surface area (Å²) in [5.41, 5.74) is 5.29. The Morgan fingerprint density at radius 3 is 2.17 bits per heavy atom. The first-order valence-corrected chi connectivity index (χ1v) is 9.53. The van der Waals surface area contributed by atoms with Crippen molar-refractivity contribution in [1.82, 2.24) is 0 Å². The van der Waals surface area contributed by atoms with E-state index in [9.17, 15) is 0 Å². The third-order valence-corrected chi connectivity index (χ3v) is 7.37. The largest absolute Gasteiger partial charge is 0.356 e. The van der Waals surface area contributed by atoms with Crippen molar-refractivity contribution in [3.8, 4) is 0 Å². The maximum absolute atomic E-state index is 3.52. The molecule has 1 N–H and O–H groups in total. The summed E-state index contributed by atoms with van der Waals surface area (Å²) in [6.07, 6.45) is 0. The number of thioether (sulfide) groups is 2. The van der Waals surface area contributed by atoms with Gasteiger partial charge in [0, 0.05) is 21.2 Å². The molecule has 3 aromatic carbocycles. The molecule has 0 radical (unpaired) electrons. The van der Waals surface area contributed by atoms with Crippen molar-refractivity contribution in [3.63, 3.8) is 0 Å². The van der Waals surface area contributed by atoms with E-state index >= 15 is 0 Å². The molecule has 112 valence electrons. The molecular weight excluding hydrogens is 318 g/mol. The van der Waals surface area contributed by atoms with Crippen LogP contribution in [0, 0.1) is 0 Å². The third kappa shape index (κ3) is 2.27. The van der Waals surface area contributed by atoms with Crippen LogP contribution in [-0.4, -0.2) is 0 Å². The van der Waals surface area contributed by atoms with Gasteiger partial charge in [0.2, 0.25) is 0 Å². The Kier molecular flexibility index (Phi) is 3.17. The van der Waals surface area contributed by atoms with Gasteiger partial charge in [0.1, 0.15) is 0 Å². The molecule has 0 aliphatic carbocycles. The SMILES string of the molecule is c1ccc(Nc2ccc3c(c2)C2Sc4ccccc4C2S3)cc1. The zero-order chi connectivity index (χ0) is 15.2. The summed E-state index contributed by atoms with van der Waals surface area (Å²) >= 11 is 4.03. The summed E-state index contributed by atoms with van der Waals surface area (Å²) in [5.74, 6) is 0. The molecule has 2 unspecified atom stereocenters.